The van der Waals surface area contributed by atoms with Gasteiger partial charge in [-0.25, -0.2) is 0 Å². The average Bonchev–Trinajstić information content (AvgIpc) is 2.69. The normalized spacial score (nSPS) is 11.0. The van der Waals surface area contributed by atoms with E-state index in [1.165, 1.54) is 54.2 Å². The van der Waals surface area contributed by atoms with E-state index in [1.54, 1.807) is 0 Å². The SMILES string of the molecule is CCCC[P+](Cc1ccccc1)(Cc1ccccc1)Cc1ccccc1.[Br-]. The van der Waals surface area contributed by atoms with Gasteiger partial charge in [0.05, 0.1) is 24.6 Å². The van der Waals surface area contributed by atoms with Crippen LogP contribution in [0.15, 0.2) is 91.0 Å². The highest BCUT2D eigenvalue weighted by molar-refractivity contribution is 7.73. The highest BCUT2D eigenvalue weighted by Gasteiger charge is 2.37. The summed E-state index contributed by atoms with van der Waals surface area (Å²) in [5, 5.41) is 0. The van der Waals surface area contributed by atoms with Crippen LogP contribution in [0.3, 0.4) is 0 Å². The molecule has 0 N–H and O–H groups in total. The standard InChI is InChI=1S/C25H30P.BrH/c1-2-3-19-26(20-23-13-7-4-8-14-23,21-24-15-9-5-10-16-24)22-25-17-11-6-12-18-25;/h4-18H,2-3,19-22H2,1H3;1H/q+1;/p-1. The molecule has 0 aliphatic rings. The summed E-state index contributed by atoms with van der Waals surface area (Å²) in [5.74, 6) is 0. The zero-order valence-corrected chi connectivity index (χ0v) is 18.7. The predicted octanol–water partition coefficient (Wildman–Crippen LogP) is 4.41. The van der Waals surface area contributed by atoms with Crippen molar-refractivity contribution in [1.82, 2.24) is 0 Å². The number of rotatable bonds is 9. The van der Waals surface area contributed by atoms with E-state index in [4.69, 9.17) is 0 Å². The minimum Gasteiger partial charge on any atom is -1.00 e. The molecule has 2 heteroatoms. The third-order valence-corrected chi connectivity index (χ3v) is 9.44. The van der Waals surface area contributed by atoms with Crippen molar-refractivity contribution in [3.05, 3.63) is 108 Å². The Morgan fingerprint density at radius 3 is 1.19 bits per heavy atom. The number of hydrogen-bond donors (Lipinski definition) is 0. The van der Waals surface area contributed by atoms with Gasteiger partial charge < -0.3 is 17.0 Å². The van der Waals surface area contributed by atoms with Gasteiger partial charge in [-0.2, -0.15) is 0 Å². The predicted molar refractivity (Wildman–Crippen MR) is 117 cm³/mol. The van der Waals surface area contributed by atoms with Crippen molar-refractivity contribution in [3.63, 3.8) is 0 Å². The molecular weight excluding hydrogens is 411 g/mol. The third kappa shape index (κ3) is 6.91. The molecule has 0 aliphatic heterocycles. The molecule has 27 heavy (non-hydrogen) atoms. The lowest BCUT2D eigenvalue weighted by molar-refractivity contribution is -0.00000552. The molecular formula is C25H30BrP. The maximum absolute atomic E-state index is 2.32. The maximum atomic E-state index is 2.32. The summed E-state index contributed by atoms with van der Waals surface area (Å²) in [6.45, 7) is 2.32. The molecule has 0 heterocycles. The van der Waals surface area contributed by atoms with Crippen molar-refractivity contribution in [2.45, 2.75) is 38.3 Å². The fourth-order valence-corrected chi connectivity index (χ4v) is 8.56. The monoisotopic (exact) mass is 440 g/mol. The van der Waals surface area contributed by atoms with Crippen molar-refractivity contribution < 1.29 is 17.0 Å². The second-order valence-corrected chi connectivity index (χ2v) is 11.4. The lowest BCUT2D eigenvalue weighted by Crippen LogP contribution is -3.00. The van der Waals surface area contributed by atoms with Crippen LogP contribution in [0.2, 0.25) is 0 Å². The fraction of sp³-hybridized carbons (Fsp3) is 0.280. The van der Waals surface area contributed by atoms with Crippen LogP contribution >= 0.6 is 7.26 Å². The molecule has 0 saturated carbocycles. The van der Waals surface area contributed by atoms with E-state index in [0.29, 0.717) is 0 Å². The van der Waals surface area contributed by atoms with Gasteiger partial charge in [0.15, 0.2) is 0 Å². The number of unbranched alkanes of at least 4 members (excludes halogenated alkanes) is 1. The third-order valence-electron chi connectivity index (χ3n) is 5.07. The topological polar surface area (TPSA) is 0 Å². The Labute approximate surface area is 176 Å². The molecule has 0 amide bonds. The van der Waals surface area contributed by atoms with Crippen LogP contribution in [0.4, 0.5) is 0 Å². The van der Waals surface area contributed by atoms with Gasteiger partial charge in [-0.05, 0) is 23.1 Å². The molecule has 0 atom stereocenters. The Bertz CT molecular complexity index is 655. The zero-order chi connectivity index (χ0) is 18.1. The van der Waals surface area contributed by atoms with Gasteiger partial charge in [0, 0.05) is 7.26 Å². The van der Waals surface area contributed by atoms with E-state index < -0.39 is 7.26 Å². The van der Waals surface area contributed by atoms with Gasteiger partial charge in [-0.3, -0.25) is 0 Å². The Balaban J connectivity index is 0.00000261. The maximum Gasteiger partial charge on any atom is 0.0849 e. The quantitative estimate of drug-likeness (QED) is 0.432. The van der Waals surface area contributed by atoms with Crippen LogP contribution in [-0.2, 0) is 18.5 Å². The lowest BCUT2D eigenvalue weighted by Gasteiger charge is -2.28. The van der Waals surface area contributed by atoms with E-state index in [-0.39, 0.29) is 17.0 Å². The van der Waals surface area contributed by atoms with Gasteiger partial charge in [0.2, 0.25) is 0 Å². The minimum absolute atomic E-state index is 0. The van der Waals surface area contributed by atoms with Crippen LogP contribution in [0.5, 0.6) is 0 Å². The second-order valence-electron chi connectivity index (χ2n) is 7.35. The molecule has 0 fully saturated rings. The molecule has 0 saturated heterocycles. The molecule has 0 bridgehead atoms. The smallest absolute Gasteiger partial charge is 0.0849 e. The highest BCUT2D eigenvalue weighted by Crippen LogP contribution is 2.66. The second kappa shape index (κ2) is 11.4. The van der Waals surface area contributed by atoms with Gasteiger partial charge in [-0.15, -0.1) is 0 Å². The molecule has 0 aliphatic carbocycles. The van der Waals surface area contributed by atoms with E-state index in [9.17, 15) is 0 Å². The van der Waals surface area contributed by atoms with Crippen LogP contribution in [0, 0.1) is 0 Å². The first kappa shape index (κ1) is 21.9. The van der Waals surface area contributed by atoms with E-state index >= 15 is 0 Å². The molecule has 3 aromatic rings. The van der Waals surface area contributed by atoms with E-state index in [1.807, 2.05) is 0 Å². The van der Waals surface area contributed by atoms with Crippen LogP contribution in [-0.4, -0.2) is 6.16 Å². The molecule has 0 unspecified atom stereocenters. The Hall–Kier alpha value is -1.43. The molecule has 3 aromatic carbocycles. The Morgan fingerprint density at radius 2 is 0.889 bits per heavy atom. The summed E-state index contributed by atoms with van der Waals surface area (Å²) in [6, 6.07) is 33.4. The summed E-state index contributed by atoms with van der Waals surface area (Å²) >= 11 is 0. The first-order valence-electron chi connectivity index (χ1n) is 9.76. The molecule has 0 radical (unpaired) electrons. The number of halogens is 1. The van der Waals surface area contributed by atoms with Gasteiger partial charge in [0.1, 0.15) is 0 Å². The summed E-state index contributed by atoms with van der Waals surface area (Å²) in [5.41, 5.74) is 4.51. The first-order chi connectivity index (χ1) is 12.8. The van der Waals surface area contributed by atoms with Crippen molar-refractivity contribution in [1.29, 1.82) is 0 Å². The zero-order valence-electron chi connectivity index (χ0n) is 16.2. The van der Waals surface area contributed by atoms with Crippen molar-refractivity contribution in [2.24, 2.45) is 0 Å². The fourth-order valence-electron chi connectivity index (χ4n) is 3.81. The largest absolute Gasteiger partial charge is 1.00 e. The van der Waals surface area contributed by atoms with Crippen molar-refractivity contribution in [3.8, 4) is 0 Å². The first-order valence-corrected chi connectivity index (χ1v) is 12.3. The molecule has 0 nitrogen and oxygen atoms in total. The lowest BCUT2D eigenvalue weighted by atomic mass is 10.2. The highest BCUT2D eigenvalue weighted by atomic mass is 79.9. The summed E-state index contributed by atoms with van der Waals surface area (Å²) in [6.07, 6.45) is 7.73. The van der Waals surface area contributed by atoms with E-state index in [0.717, 1.165) is 0 Å². The molecule has 142 valence electrons. The van der Waals surface area contributed by atoms with Crippen molar-refractivity contribution >= 4 is 7.26 Å². The molecule has 3 rings (SSSR count). The van der Waals surface area contributed by atoms with Crippen LogP contribution < -0.4 is 17.0 Å². The summed E-state index contributed by atoms with van der Waals surface area (Å²) in [4.78, 5) is 0. The van der Waals surface area contributed by atoms with Gasteiger partial charge in [-0.1, -0.05) is 104 Å². The molecule has 0 spiro atoms. The number of hydrogen-bond acceptors (Lipinski definition) is 0. The number of benzene rings is 3. The van der Waals surface area contributed by atoms with E-state index in [2.05, 4.69) is 97.9 Å². The summed E-state index contributed by atoms with van der Waals surface area (Å²) < 4.78 is 0. The summed E-state index contributed by atoms with van der Waals surface area (Å²) in [7, 11) is -1.18. The van der Waals surface area contributed by atoms with Crippen molar-refractivity contribution in [2.75, 3.05) is 6.16 Å². The molecule has 0 aromatic heterocycles. The Kier molecular flexibility index (Phi) is 9.25. The van der Waals surface area contributed by atoms with Gasteiger partial charge in [0.25, 0.3) is 0 Å². The van der Waals surface area contributed by atoms with Crippen LogP contribution in [0.1, 0.15) is 36.5 Å². The minimum atomic E-state index is -1.18. The average molecular weight is 441 g/mol. The Morgan fingerprint density at radius 1 is 0.556 bits per heavy atom. The van der Waals surface area contributed by atoms with Gasteiger partial charge >= 0.3 is 0 Å². The van der Waals surface area contributed by atoms with Crippen LogP contribution in [0.25, 0.3) is 0 Å².